The van der Waals surface area contributed by atoms with Gasteiger partial charge in [0.15, 0.2) is 11.3 Å². The van der Waals surface area contributed by atoms with Crippen LogP contribution in [-0.4, -0.2) is 25.4 Å². The first-order valence-electron chi connectivity index (χ1n) is 3.83. The quantitative estimate of drug-likeness (QED) is 0.839. The molecule has 0 radical (unpaired) electrons. The van der Waals surface area contributed by atoms with Gasteiger partial charge in [0.25, 0.3) is 0 Å². The third-order valence-electron chi connectivity index (χ3n) is 1.83. The van der Waals surface area contributed by atoms with Gasteiger partial charge < -0.3 is 5.11 Å². The van der Waals surface area contributed by atoms with E-state index in [1.165, 1.54) is 12.4 Å². The van der Waals surface area contributed by atoms with Crippen molar-refractivity contribution in [2.75, 3.05) is 0 Å². The number of carboxylic acid groups (broad SMARTS) is 1. The van der Waals surface area contributed by atoms with E-state index in [2.05, 4.69) is 25.9 Å². The number of fused-ring (bicyclic) bond motifs is 1. The van der Waals surface area contributed by atoms with Crippen molar-refractivity contribution in [2.24, 2.45) is 0 Å². The molecule has 0 fully saturated rings. The third-order valence-corrected chi connectivity index (χ3v) is 2.78. The molecule has 0 saturated heterocycles. The highest BCUT2D eigenvalue weighted by Crippen LogP contribution is 2.17. The SMILES string of the molecule is Cc1nc2cnc(C(=O)O)cn2c1Br. The molecule has 72 valence electrons. The van der Waals surface area contributed by atoms with Crippen molar-refractivity contribution >= 4 is 27.5 Å². The standard InChI is InChI=1S/C8H6BrN3O2/c1-4-7(9)12-3-5(8(13)14)10-2-6(12)11-4/h2-3H,1H3,(H,13,14). The van der Waals surface area contributed by atoms with Crippen LogP contribution in [0, 0.1) is 6.92 Å². The second-order valence-electron chi connectivity index (χ2n) is 2.79. The first-order valence-corrected chi connectivity index (χ1v) is 4.62. The minimum atomic E-state index is -1.05. The topological polar surface area (TPSA) is 67.5 Å². The summed E-state index contributed by atoms with van der Waals surface area (Å²) in [7, 11) is 0. The zero-order valence-electron chi connectivity index (χ0n) is 7.23. The molecule has 0 spiro atoms. The summed E-state index contributed by atoms with van der Waals surface area (Å²) >= 11 is 3.31. The number of rotatable bonds is 1. The summed E-state index contributed by atoms with van der Waals surface area (Å²) in [6.07, 6.45) is 2.86. The maximum atomic E-state index is 10.7. The van der Waals surface area contributed by atoms with Crippen LogP contribution in [0.4, 0.5) is 0 Å². The summed E-state index contributed by atoms with van der Waals surface area (Å²) in [4.78, 5) is 18.6. The van der Waals surface area contributed by atoms with E-state index in [1.807, 2.05) is 6.92 Å². The Morgan fingerprint density at radius 1 is 1.64 bits per heavy atom. The summed E-state index contributed by atoms with van der Waals surface area (Å²) in [6.45, 7) is 1.83. The van der Waals surface area contributed by atoms with Crippen LogP contribution in [0.15, 0.2) is 17.0 Å². The van der Waals surface area contributed by atoms with Gasteiger partial charge in [-0.05, 0) is 22.9 Å². The highest BCUT2D eigenvalue weighted by Gasteiger charge is 2.10. The summed E-state index contributed by atoms with van der Waals surface area (Å²) in [5.41, 5.74) is 1.42. The van der Waals surface area contributed by atoms with Gasteiger partial charge in [0.1, 0.15) is 4.60 Å². The second-order valence-corrected chi connectivity index (χ2v) is 3.55. The lowest BCUT2D eigenvalue weighted by atomic mass is 10.4. The highest BCUT2D eigenvalue weighted by atomic mass is 79.9. The van der Waals surface area contributed by atoms with Crippen LogP contribution < -0.4 is 0 Å². The maximum Gasteiger partial charge on any atom is 0.356 e. The Morgan fingerprint density at radius 3 is 3.00 bits per heavy atom. The minimum Gasteiger partial charge on any atom is -0.476 e. The van der Waals surface area contributed by atoms with Crippen molar-refractivity contribution in [2.45, 2.75) is 6.92 Å². The fourth-order valence-electron chi connectivity index (χ4n) is 1.15. The number of carbonyl (C=O) groups is 1. The molecule has 0 atom stereocenters. The smallest absolute Gasteiger partial charge is 0.356 e. The minimum absolute atomic E-state index is 0.00407. The summed E-state index contributed by atoms with van der Waals surface area (Å²) in [5, 5.41) is 8.73. The van der Waals surface area contributed by atoms with Gasteiger partial charge in [0.2, 0.25) is 0 Å². The van der Waals surface area contributed by atoms with Gasteiger partial charge in [-0.15, -0.1) is 0 Å². The van der Waals surface area contributed by atoms with Crippen molar-refractivity contribution in [3.8, 4) is 0 Å². The number of aromatic carboxylic acids is 1. The van der Waals surface area contributed by atoms with Gasteiger partial charge in [-0.25, -0.2) is 14.8 Å². The van der Waals surface area contributed by atoms with Crippen molar-refractivity contribution in [1.82, 2.24) is 14.4 Å². The van der Waals surface area contributed by atoms with E-state index >= 15 is 0 Å². The molecule has 5 nitrogen and oxygen atoms in total. The molecule has 2 heterocycles. The lowest BCUT2D eigenvalue weighted by molar-refractivity contribution is 0.0690. The van der Waals surface area contributed by atoms with Crippen LogP contribution in [-0.2, 0) is 0 Å². The Kier molecular flexibility index (Phi) is 1.99. The van der Waals surface area contributed by atoms with Crippen LogP contribution in [0.5, 0.6) is 0 Å². The molecular formula is C8H6BrN3O2. The van der Waals surface area contributed by atoms with E-state index in [9.17, 15) is 4.79 Å². The Bertz CT molecular complexity index is 521. The number of aromatic nitrogens is 3. The lowest BCUT2D eigenvalue weighted by Gasteiger charge is -1.96. The molecule has 0 amide bonds. The maximum absolute atomic E-state index is 10.7. The van der Waals surface area contributed by atoms with Crippen LogP contribution in [0.2, 0.25) is 0 Å². The number of carboxylic acids is 1. The normalized spacial score (nSPS) is 10.7. The summed E-state index contributed by atoms with van der Waals surface area (Å²) < 4.78 is 2.39. The third kappa shape index (κ3) is 1.27. The largest absolute Gasteiger partial charge is 0.476 e. The Hall–Kier alpha value is -1.43. The van der Waals surface area contributed by atoms with Gasteiger partial charge in [0, 0.05) is 6.20 Å². The van der Waals surface area contributed by atoms with Crippen molar-refractivity contribution in [1.29, 1.82) is 0 Å². The zero-order chi connectivity index (χ0) is 10.3. The van der Waals surface area contributed by atoms with Gasteiger partial charge in [-0.1, -0.05) is 0 Å². The highest BCUT2D eigenvalue weighted by molar-refractivity contribution is 9.10. The van der Waals surface area contributed by atoms with Crippen molar-refractivity contribution in [3.63, 3.8) is 0 Å². The van der Waals surface area contributed by atoms with E-state index in [4.69, 9.17) is 5.11 Å². The molecule has 6 heteroatoms. The Morgan fingerprint density at radius 2 is 2.36 bits per heavy atom. The predicted molar refractivity (Wildman–Crippen MR) is 52.4 cm³/mol. The summed E-state index contributed by atoms with van der Waals surface area (Å²) in [5.74, 6) is -1.05. The number of hydrogen-bond donors (Lipinski definition) is 1. The molecule has 2 aromatic heterocycles. The molecule has 2 aromatic rings. The molecule has 0 aliphatic heterocycles. The van der Waals surface area contributed by atoms with Crippen LogP contribution in [0.25, 0.3) is 5.65 Å². The fourth-order valence-corrected chi connectivity index (χ4v) is 1.53. The van der Waals surface area contributed by atoms with Crippen molar-refractivity contribution < 1.29 is 9.90 Å². The lowest BCUT2D eigenvalue weighted by Crippen LogP contribution is -2.02. The first kappa shape index (κ1) is 9.14. The van der Waals surface area contributed by atoms with E-state index in [-0.39, 0.29) is 5.69 Å². The van der Waals surface area contributed by atoms with Crippen LogP contribution >= 0.6 is 15.9 Å². The van der Waals surface area contributed by atoms with E-state index in [0.717, 1.165) is 10.3 Å². The number of nitrogens with zero attached hydrogens (tertiary/aromatic N) is 3. The van der Waals surface area contributed by atoms with Crippen molar-refractivity contribution in [3.05, 3.63) is 28.4 Å². The average Bonchev–Trinajstić information content (AvgIpc) is 2.43. The van der Waals surface area contributed by atoms with Gasteiger partial charge in [0.05, 0.1) is 11.9 Å². The average molecular weight is 256 g/mol. The molecule has 0 bridgehead atoms. The first-order chi connectivity index (χ1) is 6.59. The van der Waals surface area contributed by atoms with E-state index < -0.39 is 5.97 Å². The number of aryl methyl sites for hydroxylation is 1. The van der Waals surface area contributed by atoms with Crippen LogP contribution in [0.3, 0.4) is 0 Å². The molecule has 0 aliphatic carbocycles. The molecule has 0 unspecified atom stereocenters. The molecule has 1 N–H and O–H groups in total. The van der Waals surface area contributed by atoms with Gasteiger partial charge >= 0.3 is 5.97 Å². The molecule has 0 aliphatic rings. The molecular weight excluding hydrogens is 250 g/mol. The van der Waals surface area contributed by atoms with Crippen LogP contribution in [0.1, 0.15) is 16.2 Å². The summed E-state index contributed by atoms with van der Waals surface area (Å²) in [6, 6.07) is 0. The number of imidazole rings is 1. The number of halogens is 1. The second kappa shape index (κ2) is 3.06. The van der Waals surface area contributed by atoms with E-state index in [1.54, 1.807) is 4.40 Å². The van der Waals surface area contributed by atoms with Gasteiger partial charge in [-0.2, -0.15) is 0 Å². The molecule has 0 saturated carbocycles. The predicted octanol–water partition coefficient (Wildman–Crippen LogP) is 1.50. The van der Waals surface area contributed by atoms with E-state index in [0.29, 0.717) is 5.65 Å². The Labute approximate surface area is 87.5 Å². The molecule has 2 rings (SSSR count). The molecule has 0 aromatic carbocycles. The molecule has 14 heavy (non-hydrogen) atoms. The monoisotopic (exact) mass is 255 g/mol. The zero-order valence-corrected chi connectivity index (χ0v) is 8.82. The van der Waals surface area contributed by atoms with Gasteiger partial charge in [-0.3, -0.25) is 4.40 Å². The number of hydrogen-bond acceptors (Lipinski definition) is 3. The fraction of sp³-hybridized carbons (Fsp3) is 0.125. The Balaban J connectivity index is 2.76.